The molecular formula is C34H39Cl2NO7S. The van der Waals surface area contributed by atoms with Crippen molar-refractivity contribution in [3.8, 4) is 11.5 Å². The molecule has 1 aliphatic heterocycles. The molecule has 0 unspecified atom stereocenters. The molecule has 0 radical (unpaired) electrons. The number of methoxy groups -OCH3 is 2. The monoisotopic (exact) mass is 675 g/mol. The summed E-state index contributed by atoms with van der Waals surface area (Å²) in [6.07, 6.45) is 2.72. The Morgan fingerprint density at radius 3 is 1.93 bits per heavy atom. The number of ether oxygens (including phenoxy) is 2. The molecule has 2 aromatic carbocycles. The highest BCUT2D eigenvalue weighted by molar-refractivity contribution is 7.87. The van der Waals surface area contributed by atoms with Gasteiger partial charge >= 0.3 is 10.1 Å². The second kappa shape index (κ2) is 12.4. The Labute approximate surface area is 275 Å². The molecule has 0 spiro atoms. The number of carbonyl (C=O) groups excluding carboxylic acids is 2. The van der Waals surface area contributed by atoms with Crippen molar-refractivity contribution in [2.75, 3.05) is 27.4 Å². The number of hydrogen-bond acceptors (Lipinski definition) is 8. The molecule has 2 aromatic rings. The molecule has 5 rings (SSSR count). The van der Waals surface area contributed by atoms with E-state index in [1.54, 1.807) is 19.2 Å². The molecule has 0 aromatic heterocycles. The van der Waals surface area contributed by atoms with Gasteiger partial charge in [0, 0.05) is 66.6 Å². The van der Waals surface area contributed by atoms with E-state index in [4.69, 9.17) is 36.9 Å². The highest BCUT2D eigenvalue weighted by Crippen LogP contribution is 2.55. The van der Waals surface area contributed by atoms with Gasteiger partial charge in [0.2, 0.25) is 5.75 Å². The smallest absolute Gasteiger partial charge is 0.339 e. The van der Waals surface area contributed by atoms with Gasteiger partial charge in [0.1, 0.15) is 4.90 Å². The van der Waals surface area contributed by atoms with Gasteiger partial charge in [0.25, 0.3) is 0 Å². The van der Waals surface area contributed by atoms with Crippen molar-refractivity contribution in [3.63, 3.8) is 0 Å². The topological polar surface area (TPSA) is 99.2 Å². The van der Waals surface area contributed by atoms with Crippen molar-refractivity contribution in [2.45, 2.75) is 70.6 Å². The summed E-state index contributed by atoms with van der Waals surface area (Å²) >= 11 is 12.7. The average molecular weight is 677 g/mol. The van der Waals surface area contributed by atoms with Crippen LogP contribution in [0.4, 0.5) is 0 Å². The fourth-order valence-corrected chi connectivity index (χ4v) is 8.15. The van der Waals surface area contributed by atoms with Crippen molar-refractivity contribution >= 4 is 44.9 Å². The van der Waals surface area contributed by atoms with Gasteiger partial charge in [-0.15, -0.1) is 0 Å². The summed E-state index contributed by atoms with van der Waals surface area (Å²) in [6, 6.07) is 8.77. The van der Waals surface area contributed by atoms with Gasteiger partial charge in [-0.3, -0.25) is 9.59 Å². The van der Waals surface area contributed by atoms with Crippen LogP contribution in [0.15, 0.2) is 63.8 Å². The van der Waals surface area contributed by atoms with Crippen LogP contribution in [0.1, 0.15) is 71.3 Å². The third kappa shape index (κ3) is 6.68. The molecule has 0 amide bonds. The largest absolute Gasteiger partial charge is 0.493 e. The van der Waals surface area contributed by atoms with Crippen LogP contribution in [0.25, 0.3) is 0 Å². The predicted octanol–water partition coefficient (Wildman–Crippen LogP) is 7.49. The van der Waals surface area contributed by atoms with E-state index in [1.807, 2.05) is 0 Å². The third-order valence-corrected chi connectivity index (χ3v) is 10.4. The zero-order valence-corrected chi connectivity index (χ0v) is 28.8. The van der Waals surface area contributed by atoms with Crippen LogP contribution >= 0.6 is 23.2 Å². The van der Waals surface area contributed by atoms with E-state index in [-0.39, 0.29) is 43.8 Å². The number of hydrogen-bond donors (Lipinski definition) is 0. The molecule has 0 saturated heterocycles. The van der Waals surface area contributed by atoms with E-state index in [0.717, 1.165) is 17.8 Å². The molecule has 0 bridgehead atoms. The quantitative estimate of drug-likeness (QED) is 0.199. The lowest BCUT2D eigenvalue weighted by Crippen LogP contribution is -2.44. The molecule has 8 nitrogen and oxygen atoms in total. The van der Waals surface area contributed by atoms with E-state index in [9.17, 15) is 18.0 Å². The molecule has 0 saturated carbocycles. The summed E-state index contributed by atoms with van der Waals surface area (Å²) in [4.78, 5) is 30.2. The van der Waals surface area contributed by atoms with Crippen molar-refractivity contribution < 1.29 is 31.7 Å². The maximum Gasteiger partial charge on any atom is 0.339 e. The van der Waals surface area contributed by atoms with Crippen LogP contribution in [-0.4, -0.2) is 52.3 Å². The predicted molar refractivity (Wildman–Crippen MR) is 173 cm³/mol. The molecule has 45 heavy (non-hydrogen) atoms. The average Bonchev–Trinajstić information content (AvgIpc) is 2.93. The number of halogens is 2. The number of ketones is 2. The van der Waals surface area contributed by atoms with Crippen molar-refractivity contribution in [2.24, 2.45) is 10.8 Å². The van der Waals surface area contributed by atoms with Crippen LogP contribution in [-0.2, 0) is 24.4 Å². The minimum atomic E-state index is -4.29. The van der Waals surface area contributed by atoms with E-state index < -0.39 is 16.0 Å². The highest BCUT2D eigenvalue weighted by atomic mass is 35.5. The number of allylic oxidation sites excluding steroid dienone is 4. The van der Waals surface area contributed by atoms with E-state index in [2.05, 4.69) is 32.6 Å². The summed E-state index contributed by atoms with van der Waals surface area (Å²) in [7, 11) is -1.25. The van der Waals surface area contributed by atoms with E-state index in [1.165, 1.54) is 31.4 Å². The Morgan fingerprint density at radius 2 is 1.42 bits per heavy atom. The van der Waals surface area contributed by atoms with Crippen LogP contribution < -0.4 is 8.92 Å². The fraction of sp³-hybridized carbons (Fsp3) is 0.471. The number of Topliss-reactive ketones (excluding diaryl/α,β-unsaturated/α-hetero) is 2. The minimum Gasteiger partial charge on any atom is -0.493 e. The summed E-state index contributed by atoms with van der Waals surface area (Å²) in [5.74, 6) is -0.852. The van der Waals surface area contributed by atoms with Crippen LogP contribution in [0.5, 0.6) is 11.5 Å². The Hall–Kier alpha value is -2.85. The van der Waals surface area contributed by atoms with Crippen LogP contribution in [0, 0.1) is 10.8 Å². The second-order valence-corrected chi connectivity index (χ2v) is 15.9. The lowest BCUT2D eigenvalue weighted by molar-refractivity contribution is -0.119. The van der Waals surface area contributed by atoms with Gasteiger partial charge in [-0.2, -0.15) is 8.42 Å². The number of nitrogens with zero attached hydrogens (tertiary/aromatic N) is 1. The maximum atomic E-state index is 14.1. The number of carbonyl (C=O) groups is 2. The Bertz CT molecular complexity index is 1650. The molecule has 0 N–H and O–H groups in total. The number of benzene rings is 2. The zero-order valence-electron chi connectivity index (χ0n) is 26.5. The molecule has 0 fully saturated rings. The first-order chi connectivity index (χ1) is 21.1. The number of rotatable bonds is 9. The zero-order chi connectivity index (χ0) is 32.9. The summed E-state index contributed by atoms with van der Waals surface area (Å²) < 4.78 is 42.8. The Balaban J connectivity index is 1.68. The normalized spacial score (nSPS) is 19.9. The molecule has 1 heterocycles. The fourth-order valence-electron chi connectivity index (χ4n) is 6.76. The molecular weight excluding hydrogens is 637 g/mol. The standard InChI is InChI=1S/C34H39Cl2NO7S/c1-33(2)16-24-30(26(38)18-33)29(31-25(37(24)12-7-13-42-5)17-34(3,4)19-27(31)39)20-14-23(36)32(28(15-20)43-6)44-45(40,41)22-10-8-21(35)9-11-22/h8-11,14-15,29H,7,12-13,16-19H2,1-6H3. The van der Waals surface area contributed by atoms with Gasteiger partial charge in [-0.25, -0.2) is 0 Å². The van der Waals surface area contributed by atoms with E-state index >= 15 is 0 Å². The summed E-state index contributed by atoms with van der Waals surface area (Å²) in [5.41, 5.74) is 3.03. The van der Waals surface area contributed by atoms with Gasteiger partial charge in [-0.05, 0) is 72.1 Å². The highest BCUT2D eigenvalue weighted by Gasteiger charge is 2.49. The maximum absolute atomic E-state index is 14.1. The summed E-state index contributed by atoms with van der Waals surface area (Å²) in [6.45, 7) is 9.51. The van der Waals surface area contributed by atoms with Crippen molar-refractivity contribution in [1.29, 1.82) is 0 Å². The van der Waals surface area contributed by atoms with Crippen LogP contribution in [0.2, 0.25) is 10.0 Å². The third-order valence-electron chi connectivity index (χ3n) is 8.63. The van der Waals surface area contributed by atoms with Crippen molar-refractivity contribution in [3.05, 3.63) is 74.5 Å². The van der Waals surface area contributed by atoms with Gasteiger partial charge in [-0.1, -0.05) is 50.9 Å². The SMILES string of the molecule is COCCCN1C2=C(C(=O)CC(C)(C)C2)C(c2cc(Cl)c(OS(=O)(=O)c3ccc(Cl)cc3)c(OC)c2)C2=C1CC(C)(C)CC2=O. The van der Waals surface area contributed by atoms with Gasteiger partial charge in [0.15, 0.2) is 17.3 Å². The van der Waals surface area contributed by atoms with Crippen LogP contribution in [0.3, 0.4) is 0 Å². The second-order valence-electron chi connectivity index (χ2n) is 13.6. The first kappa shape index (κ1) is 33.5. The molecule has 11 heteroatoms. The minimum absolute atomic E-state index is 0.0205. The summed E-state index contributed by atoms with van der Waals surface area (Å²) in [5, 5.41) is 0.350. The first-order valence-corrected chi connectivity index (χ1v) is 17.1. The van der Waals surface area contributed by atoms with Crippen molar-refractivity contribution in [1.82, 2.24) is 4.90 Å². The molecule has 242 valence electrons. The Kier molecular flexibility index (Phi) is 9.23. The van der Waals surface area contributed by atoms with E-state index in [0.29, 0.717) is 60.6 Å². The lowest BCUT2D eigenvalue weighted by Gasteiger charge is -2.49. The molecule has 2 aliphatic carbocycles. The van der Waals surface area contributed by atoms with Gasteiger partial charge < -0.3 is 18.6 Å². The molecule has 0 atom stereocenters. The molecule has 3 aliphatic rings. The lowest BCUT2D eigenvalue weighted by atomic mass is 9.63. The Morgan fingerprint density at radius 1 is 0.867 bits per heavy atom. The first-order valence-electron chi connectivity index (χ1n) is 14.9. The van der Waals surface area contributed by atoms with Gasteiger partial charge in [0.05, 0.1) is 12.1 Å².